The minimum atomic E-state index is -5.60. The molecule has 0 atom stereocenters. The van der Waals surface area contributed by atoms with Crippen LogP contribution in [0.3, 0.4) is 0 Å². The van der Waals surface area contributed by atoms with Gasteiger partial charge in [0, 0.05) is 0 Å². The van der Waals surface area contributed by atoms with E-state index in [4.69, 9.17) is 15.1 Å². The molecule has 0 saturated heterocycles. The van der Waals surface area contributed by atoms with Crippen LogP contribution < -0.4 is 0 Å². The van der Waals surface area contributed by atoms with Gasteiger partial charge in [-0.2, -0.15) is 0 Å². The first-order chi connectivity index (χ1) is 10.8. The zero-order valence-electron chi connectivity index (χ0n) is 20.0. The minimum absolute atomic E-state index is 0.589. The molecule has 0 aromatic heterocycles. The van der Waals surface area contributed by atoms with Crippen molar-refractivity contribution in [2.24, 2.45) is 0 Å². The fraction of sp³-hybridized carbons (Fsp3) is 1.00. The number of hydrogen-bond acceptors (Lipinski definition) is 5. The van der Waals surface area contributed by atoms with E-state index in [2.05, 4.69) is 0 Å². The van der Waals surface area contributed by atoms with Gasteiger partial charge in [0.1, 0.15) is 0 Å². The molecule has 6 heteroatoms. The second-order valence-electron chi connectivity index (χ2n) is 11.8. The molecule has 0 fully saturated rings. The fourth-order valence-electron chi connectivity index (χ4n) is 2.42. The Kier molecular flexibility index (Phi) is 7.64. The molecule has 0 aliphatic rings. The van der Waals surface area contributed by atoms with E-state index in [0.29, 0.717) is 0 Å². The molecule has 0 amide bonds. The molecule has 0 unspecified atom stereocenters. The Bertz CT molecular complexity index is 356. The molecule has 0 saturated carbocycles. The van der Waals surface area contributed by atoms with Crippen molar-refractivity contribution >= 4 is 19.5 Å². The van der Waals surface area contributed by atoms with Gasteiger partial charge in [-0.25, -0.2) is 0 Å². The summed E-state index contributed by atoms with van der Waals surface area (Å²) in [5.41, 5.74) is -2.94. The van der Waals surface area contributed by atoms with Gasteiger partial charge in [0.05, 0.1) is 0 Å². The van der Waals surface area contributed by atoms with Gasteiger partial charge in [-0.05, 0) is 0 Å². The third-order valence-corrected chi connectivity index (χ3v) is 14.2. The van der Waals surface area contributed by atoms with E-state index >= 15 is 0 Å². The monoisotopic (exact) mass is 486 g/mol. The van der Waals surface area contributed by atoms with Crippen LogP contribution in [0.15, 0.2) is 0 Å². The van der Waals surface area contributed by atoms with Crippen LogP contribution in [-0.4, -0.2) is 47.5 Å². The van der Waals surface area contributed by atoms with E-state index in [1.165, 1.54) is 0 Å². The SMILES string of the molecule is CC(C)(C)[O][Sb]([O]C(C)(C)C)([O]C(C)(C)C)([O]C(C)(C)C)[O]C(C)(C)C. The molecule has 0 N–H and O–H groups in total. The molecular weight excluding hydrogens is 442 g/mol. The summed E-state index contributed by atoms with van der Waals surface area (Å²) in [4.78, 5) is 0. The molecule has 0 bridgehead atoms. The zero-order chi connectivity index (χ0) is 21.5. The van der Waals surface area contributed by atoms with E-state index in [1.54, 1.807) is 0 Å². The van der Waals surface area contributed by atoms with Crippen molar-refractivity contribution in [1.29, 1.82) is 0 Å². The first-order valence-corrected chi connectivity index (χ1v) is 14.6. The average molecular weight is 487 g/mol. The third-order valence-electron chi connectivity index (χ3n) is 2.11. The summed E-state index contributed by atoms with van der Waals surface area (Å²) in [6.45, 7) is 29.5. The van der Waals surface area contributed by atoms with Crippen molar-refractivity contribution in [1.82, 2.24) is 0 Å². The quantitative estimate of drug-likeness (QED) is 0.449. The Balaban J connectivity index is 6.89. The van der Waals surface area contributed by atoms with Crippen molar-refractivity contribution in [3.8, 4) is 0 Å². The normalized spacial score (nSPS) is 17.1. The van der Waals surface area contributed by atoms with Gasteiger partial charge < -0.3 is 0 Å². The summed E-state index contributed by atoms with van der Waals surface area (Å²) in [6, 6.07) is 0. The molecule has 0 aromatic rings. The van der Waals surface area contributed by atoms with Crippen LogP contribution >= 0.6 is 0 Å². The van der Waals surface area contributed by atoms with Crippen molar-refractivity contribution < 1.29 is 15.1 Å². The van der Waals surface area contributed by atoms with E-state index in [0.717, 1.165) is 0 Å². The summed E-state index contributed by atoms with van der Waals surface area (Å²) >= 11 is -5.60. The van der Waals surface area contributed by atoms with E-state index in [1.807, 2.05) is 104 Å². The van der Waals surface area contributed by atoms with Gasteiger partial charge in [0.2, 0.25) is 0 Å². The summed E-state index contributed by atoms with van der Waals surface area (Å²) in [5.74, 6) is 0. The predicted molar refractivity (Wildman–Crippen MR) is 110 cm³/mol. The Labute approximate surface area is 166 Å². The number of rotatable bonds is 5. The van der Waals surface area contributed by atoms with Crippen LogP contribution in [-0.2, 0) is 15.1 Å². The predicted octanol–water partition coefficient (Wildman–Crippen LogP) is 5.95. The molecular formula is C20H45O5Sb. The van der Waals surface area contributed by atoms with Crippen LogP contribution in [0.2, 0.25) is 0 Å². The molecule has 0 rings (SSSR count). The molecule has 0 aliphatic carbocycles. The van der Waals surface area contributed by atoms with E-state index < -0.39 is 47.5 Å². The molecule has 0 aromatic carbocycles. The first-order valence-electron chi connectivity index (χ1n) is 9.43. The van der Waals surface area contributed by atoms with E-state index in [-0.39, 0.29) is 0 Å². The Morgan fingerprint density at radius 2 is 0.423 bits per heavy atom. The summed E-state index contributed by atoms with van der Waals surface area (Å²) in [6.07, 6.45) is 0. The summed E-state index contributed by atoms with van der Waals surface area (Å²) < 4.78 is 33.2. The molecule has 0 heterocycles. The molecule has 0 spiro atoms. The van der Waals surface area contributed by atoms with Crippen molar-refractivity contribution in [2.75, 3.05) is 0 Å². The van der Waals surface area contributed by atoms with Gasteiger partial charge in [-0.15, -0.1) is 0 Å². The topological polar surface area (TPSA) is 46.2 Å². The standard InChI is InChI=1S/5C4H9O.Sb/c5*1-4(2,3)5;/h5*1-3H3;/q5*-1;+5. The van der Waals surface area contributed by atoms with Crippen LogP contribution in [0.5, 0.6) is 0 Å². The summed E-state index contributed by atoms with van der Waals surface area (Å²) in [5, 5.41) is 0. The van der Waals surface area contributed by atoms with Gasteiger partial charge in [-0.3, -0.25) is 0 Å². The Morgan fingerprint density at radius 1 is 0.308 bits per heavy atom. The molecule has 0 aliphatic heterocycles. The van der Waals surface area contributed by atoms with Crippen LogP contribution in [0.4, 0.5) is 0 Å². The maximum absolute atomic E-state index is 6.63. The average Bonchev–Trinajstić information content (AvgIpc) is 1.95. The van der Waals surface area contributed by atoms with Gasteiger partial charge in [0.15, 0.2) is 0 Å². The van der Waals surface area contributed by atoms with Gasteiger partial charge in [-0.1, -0.05) is 0 Å². The zero-order valence-corrected chi connectivity index (χ0v) is 22.5. The van der Waals surface area contributed by atoms with Crippen LogP contribution in [0.1, 0.15) is 104 Å². The molecule has 160 valence electrons. The van der Waals surface area contributed by atoms with Crippen molar-refractivity contribution in [2.45, 2.75) is 132 Å². The molecule has 26 heavy (non-hydrogen) atoms. The van der Waals surface area contributed by atoms with Gasteiger partial charge >= 0.3 is 166 Å². The van der Waals surface area contributed by atoms with Crippen molar-refractivity contribution in [3.63, 3.8) is 0 Å². The Morgan fingerprint density at radius 3 is 0.500 bits per heavy atom. The van der Waals surface area contributed by atoms with Gasteiger partial charge in [0.25, 0.3) is 0 Å². The second-order valence-corrected chi connectivity index (χ2v) is 18.6. The van der Waals surface area contributed by atoms with E-state index in [9.17, 15) is 0 Å². The number of hydrogen-bond donors (Lipinski definition) is 0. The Hall–Kier alpha value is 0.618. The molecule has 0 radical (unpaired) electrons. The third kappa shape index (κ3) is 10.8. The van der Waals surface area contributed by atoms with Crippen LogP contribution in [0.25, 0.3) is 0 Å². The van der Waals surface area contributed by atoms with Crippen molar-refractivity contribution in [3.05, 3.63) is 0 Å². The fourth-order valence-corrected chi connectivity index (χ4v) is 16.3. The second kappa shape index (κ2) is 7.46. The summed E-state index contributed by atoms with van der Waals surface area (Å²) in [7, 11) is 0. The maximum atomic E-state index is 6.63. The van der Waals surface area contributed by atoms with Crippen LogP contribution in [0, 0.1) is 0 Å². The first kappa shape index (κ1) is 26.6. The molecule has 5 nitrogen and oxygen atoms in total.